The number of ether oxygens (including phenoxy) is 3. The maximum atomic E-state index is 5.71. The van der Waals surface area contributed by atoms with Gasteiger partial charge in [-0.25, -0.2) is 0 Å². The van der Waals surface area contributed by atoms with Crippen LogP contribution in [0, 0.1) is 0 Å². The van der Waals surface area contributed by atoms with E-state index in [-0.39, 0.29) is 18.5 Å². The van der Waals surface area contributed by atoms with Gasteiger partial charge in [0.25, 0.3) is 0 Å². The summed E-state index contributed by atoms with van der Waals surface area (Å²) in [6, 6.07) is 0. The van der Waals surface area contributed by atoms with E-state index in [0.717, 1.165) is 12.8 Å². The predicted molar refractivity (Wildman–Crippen MR) is 73.4 cm³/mol. The summed E-state index contributed by atoms with van der Waals surface area (Å²) in [4.78, 5) is 0. The van der Waals surface area contributed by atoms with Crippen molar-refractivity contribution in [1.29, 1.82) is 0 Å². The molecule has 3 heteroatoms. The Balaban J connectivity index is 2.25. The number of hydrogen-bond acceptors (Lipinski definition) is 3. The van der Waals surface area contributed by atoms with Gasteiger partial charge in [-0.3, -0.25) is 0 Å². The highest BCUT2D eigenvalue weighted by Crippen LogP contribution is 2.16. The van der Waals surface area contributed by atoms with Crippen molar-refractivity contribution in [1.82, 2.24) is 0 Å². The van der Waals surface area contributed by atoms with Crippen LogP contribution in [0.25, 0.3) is 0 Å². The fraction of sp³-hybridized carbons (Fsp3) is 0.600. The summed E-state index contributed by atoms with van der Waals surface area (Å²) in [5.74, 6) is 0. The first-order valence-corrected chi connectivity index (χ1v) is 6.60. The summed E-state index contributed by atoms with van der Waals surface area (Å²) in [6.07, 6.45) is 11.7. The zero-order valence-electron chi connectivity index (χ0n) is 11.4. The topological polar surface area (TPSA) is 27.7 Å². The Labute approximate surface area is 110 Å². The van der Waals surface area contributed by atoms with E-state index >= 15 is 0 Å². The molecule has 3 atom stereocenters. The first-order valence-electron chi connectivity index (χ1n) is 6.60. The lowest BCUT2D eigenvalue weighted by Gasteiger charge is -2.29. The van der Waals surface area contributed by atoms with Crippen LogP contribution in [-0.4, -0.2) is 31.7 Å². The summed E-state index contributed by atoms with van der Waals surface area (Å²) >= 11 is 0. The largest absolute Gasteiger partial charge is 0.367 e. The lowest BCUT2D eigenvalue weighted by molar-refractivity contribution is -0.170. The molecule has 0 aromatic heterocycles. The molecular formula is C15H24O3. The Bertz CT molecular complexity index is 283. The van der Waals surface area contributed by atoms with Crippen LogP contribution in [0.4, 0.5) is 0 Å². The molecule has 0 radical (unpaired) electrons. The van der Waals surface area contributed by atoms with Crippen molar-refractivity contribution in [3.05, 3.63) is 37.0 Å². The highest BCUT2D eigenvalue weighted by atomic mass is 16.7. The number of rotatable bonds is 8. The average molecular weight is 252 g/mol. The Morgan fingerprint density at radius 2 is 2.11 bits per heavy atom. The molecule has 0 saturated carbocycles. The van der Waals surface area contributed by atoms with Gasteiger partial charge in [0.2, 0.25) is 0 Å². The van der Waals surface area contributed by atoms with Gasteiger partial charge in [-0.15, -0.1) is 6.58 Å². The normalized spacial score (nSPS) is 27.8. The maximum Gasteiger partial charge on any atom is 0.177 e. The van der Waals surface area contributed by atoms with E-state index in [2.05, 4.69) is 25.7 Å². The van der Waals surface area contributed by atoms with Crippen molar-refractivity contribution in [2.45, 2.75) is 45.2 Å². The minimum atomic E-state index is -0.251. The SMILES string of the molecule is C=CCO[C@@H]1C=CC(OCC/C=C\CC)O[C@H]1C. The van der Waals surface area contributed by atoms with E-state index in [4.69, 9.17) is 14.2 Å². The molecule has 18 heavy (non-hydrogen) atoms. The second-order valence-electron chi connectivity index (χ2n) is 4.22. The number of allylic oxidation sites excluding steroid dienone is 1. The molecular weight excluding hydrogens is 228 g/mol. The van der Waals surface area contributed by atoms with E-state index in [9.17, 15) is 0 Å². The van der Waals surface area contributed by atoms with E-state index in [1.807, 2.05) is 19.1 Å². The molecule has 102 valence electrons. The quantitative estimate of drug-likeness (QED) is 0.490. The van der Waals surface area contributed by atoms with E-state index < -0.39 is 0 Å². The van der Waals surface area contributed by atoms with E-state index in [1.54, 1.807) is 6.08 Å². The highest BCUT2D eigenvalue weighted by Gasteiger charge is 2.23. The van der Waals surface area contributed by atoms with Crippen LogP contribution in [0.3, 0.4) is 0 Å². The van der Waals surface area contributed by atoms with Gasteiger partial charge in [0.1, 0.15) is 6.10 Å². The van der Waals surface area contributed by atoms with Gasteiger partial charge in [0.15, 0.2) is 6.29 Å². The van der Waals surface area contributed by atoms with Gasteiger partial charge in [0, 0.05) is 0 Å². The molecule has 1 aliphatic rings. The van der Waals surface area contributed by atoms with Crippen LogP contribution in [0.15, 0.2) is 37.0 Å². The first kappa shape index (κ1) is 15.2. The second-order valence-corrected chi connectivity index (χ2v) is 4.22. The molecule has 0 aliphatic carbocycles. The fourth-order valence-electron chi connectivity index (χ4n) is 1.69. The van der Waals surface area contributed by atoms with Crippen molar-refractivity contribution in [3.63, 3.8) is 0 Å². The predicted octanol–water partition coefficient (Wildman–Crippen LogP) is 3.23. The summed E-state index contributed by atoms with van der Waals surface area (Å²) < 4.78 is 16.9. The zero-order chi connectivity index (χ0) is 13.2. The van der Waals surface area contributed by atoms with Gasteiger partial charge in [-0.2, -0.15) is 0 Å². The second kappa shape index (κ2) is 9.09. The van der Waals surface area contributed by atoms with Crippen molar-refractivity contribution in [2.24, 2.45) is 0 Å². The van der Waals surface area contributed by atoms with Crippen LogP contribution in [0.2, 0.25) is 0 Å². The molecule has 1 heterocycles. The third-order valence-corrected chi connectivity index (χ3v) is 2.64. The summed E-state index contributed by atoms with van der Waals surface area (Å²) in [5.41, 5.74) is 0. The smallest absolute Gasteiger partial charge is 0.177 e. The van der Waals surface area contributed by atoms with Crippen molar-refractivity contribution >= 4 is 0 Å². The van der Waals surface area contributed by atoms with Crippen LogP contribution >= 0.6 is 0 Å². The van der Waals surface area contributed by atoms with Crippen LogP contribution in [-0.2, 0) is 14.2 Å². The lowest BCUT2D eigenvalue weighted by Crippen LogP contribution is -2.36. The van der Waals surface area contributed by atoms with Gasteiger partial charge in [-0.05, 0) is 25.8 Å². The Hall–Kier alpha value is -0.900. The molecule has 0 N–H and O–H groups in total. The molecule has 0 aromatic rings. The minimum Gasteiger partial charge on any atom is -0.367 e. The Morgan fingerprint density at radius 3 is 2.78 bits per heavy atom. The van der Waals surface area contributed by atoms with Gasteiger partial charge in [0.05, 0.1) is 19.3 Å². The van der Waals surface area contributed by atoms with Gasteiger partial charge in [-0.1, -0.05) is 31.2 Å². The third-order valence-electron chi connectivity index (χ3n) is 2.64. The molecule has 1 aliphatic heterocycles. The molecule has 0 spiro atoms. The molecule has 0 fully saturated rings. The standard InChI is InChI=1S/C15H24O3/c1-4-6-7-8-12-17-15-10-9-14(13(3)18-15)16-11-5-2/h5-7,9-10,13-15H,2,4,8,11-12H2,1,3H3/b7-6-/t13-,14+,15?/m0/s1. The molecule has 0 amide bonds. The van der Waals surface area contributed by atoms with Crippen LogP contribution in [0.5, 0.6) is 0 Å². The Morgan fingerprint density at radius 1 is 1.28 bits per heavy atom. The highest BCUT2D eigenvalue weighted by molar-refractivity contribution is 5.00. The van der Waals surface area contributed by atoms with Crippen molar-refractivity contribution < 1.29 is 14.2 Å². The maximum absolute atomic E-state index is 5.71. The molecule has 0 aromatic carbocycles. The zero-order valence-corrected chi connectivity index (χ0v) is 11.4. The summed E-state index contributed by atoms with van der Waals surface area (Å²) in [6.45, 7) is 8.95. The monoisotopic (exact) mass is 252 g/mol. The molecule has 3 nitrogen and oxygen atoms in total. The summed E-state index contributed by atoms with van der Waals surface area (Å²) in [7, 11) is 0. The molecule has 0 bridgehead atoms. The molecule has 1 unspecified atom stereocenters. The van der Waals surface area contributed by atoms with E-state index in [1.165, 1.54) is 0 Å². The summed E-state index contributed by atoms with van der Waals surface area (Å²) in [5, 5.41) is 0. The van der Waals surface area contributed by atoms with Gasteiger partial charge < -0.3 is 14.2 Å². The molecule has 0 saturated heterocycles. The van der Waals surface area contributed by atoms with E-state index in [0.29, 0.717) is 13.2 Å². The van der Waals surface area contributed by atoms with Crippen LogP contribution in [0.1, 0.15) is 26.7 Å². The minimum absolute atomic E-state index is 0.00568. The third kappa shape index (κ3) is 5.63. The Kier molecular flexibility index (Phi) is 7.65. The first-order chi connectivity index (χ1) is 8.77. The van der Waals surface area contributed by atoms with Crippen molar-refractivity contribution in [2.75, 3.05) is 13.2 Å². The van der Waals surface area contributed by atoms with Gasteiger partial charge >= 0.3 is 0 Å². The van der Waals surface area contributed by atoms with Crippen molar-refractivity contribution in [3.8, 4) is 0 Å². The fourth-order valence-corrected chi connectivity index (χ4v) is 1.69. The molecule has 1 rings (SSSR count). The average Bonchev–Trinajstić information content (AvgIpc) is 2.37. The van der Waals surface area contributed by atoms with Crippen LogP contribution < -0.4 is 0 Å². The lowest BCUT2D eigenvalue weighted by atomic mass is 10.1. The number of hydrogen-bond donors (Lipinski definition) is 0.